The molecule has 2 rings (SSSR count). The van der Waals surface area contributed by atoms with Crippen LogP contribution in [0, 0.1) is 0 Å². The van der Waals surface area contributed by atoms with Gasteiger partial charge in [0.1, 0.15) is 11.6 Å². The van der Waals surface area contributed by atoms with Crippen molar-refractivity contribution in [2.45, 2.75) is 52.6 Å². The van der Waals surface area contributed by atoms with Crippen LogP contribution in [0.25, 0.3) is 0 Å². The highest BCUT2D eigenvalue weighted by Crippen LogP contribution is 2.15. The molecule has 0 aromatic carbocycles. The summed E-state index contributed by atoms with van der Waals surface area (Å²) in [4.78, 5) is 24.1. The Kier molecular flexibility index (Phi) is 7.90. The number of hydrogen-bond acceptors (Lipinski definition) is 5. The van der Waals surface area contributed by atoms with Crippen molar-refractivity contribution in [3.8, 4) is 0 Å². The quantitative estimate of drug-likeness (QED) is 0.605. The Bertz CT molecular complexity index is 690. The number of nitrogens with zero attached hydrogens (tertiary/aromatic N) is 4. The lowest BCUT2D eigenvalue weighted by Gasteiger charge is -2.12. The molecule has 9 heteroatoms. The number of nitrogens with one attached hydrogen (secondary N) is 2. The van der Waals surface area contributed by atoms with Crippen LogP contribution >= 0.6 is 11.8 Å². The van der Waals surface area contributed by atoms with Gasteiger partial charge in [-0.2, -0.15) is 22.0 Å². The number of aromatic nitrogens is 4. The maximum atomic E-state index is 12.0. The fourth-order valence-electron chi connectivity index (χ4n) is 2.49. The van der Waals surface area contributed by atoms with Gasteiger partial charge in [0.15, 0.2) is 0 Å². The van der Waals surface area contributed by atoms with Crippen LogP contribution in [0.3, 0.4) is 0 Å². The second-order valence-electron chi connectivity index (χ2n) is 6.72. The zero-order valence-electron chi connectivity index (χ0n) is 16.3. The highest BCUT2D eigenvalue weighted by molar-refractivity contribution is 7.99. The minimum atomic E-state index is -0.0461. The molecule has 0 atom stereocenters. The summed E-state index contributed by atoms with van der Waals surface area (Å²) in [6, 6.07) is 3.96. The Morgan fingerprint density at radius 1 is 0.889 bits per heavy atom. The van der Waals surface area contributed by atoms with Gasteiger partial charge in [-0.25, -0.2) is 9.36 Å². The Morgan fingerprint density at radius 2 is 1.30 bits per heavy atom. The predicted molar refractivity (Wildman–Crippen MR) is 109 cm³/mol. The number of amides is 2. The van der Waals surface area contributed by atoms with Gasteiger partial charge in [-0.15, -0.1) is 0 Å². The van der Waals surface area contributed by atoms with E-state index in [1.165, 1.54) is 0 Å². The third kappa shape index (κ3) is 6.42. The largest absolute Gasteiger partial charge is 0.311 e. The van der Waals surface area contributed by atoms with E-state index in [0.717, 1.165) is 0 Å². The number of rotatable bonds is 10. The summed E-state index contributed by atoms with van der Waals surface area (Å²) in [5.41, 5.74) is 0. The van der Waals surface area contributed by atoms with Crippen LogP contribution in [0.1, 0.15) is 52.6 Å². The Morgan fingerprint density at radius 3 is 1.67 bits per heavy atom. The molecule has 0 spiro atoms. The van der Waals surface area contributed by atoms with E-state index >= 15 is 0 Å². The number of anilines is 2. The lowest BCUT2D eigenvalue weighted by atomic mass is 10.4. The van der Waals surface area contributed by atoms with Gasteiger partial charge >= 0.3 is 0 Å². The van der Waals surface area contributed by atoms with Crippen LogP contribution in [0.15, 0.2) is 24.5 Å². The zero-order valence-corrected chi connectivity index (χ0v) is 17.1. The van der Waals surface area contributed by atoms with Gasteiger partial charge in [0, 0.05) is 48.6 Å². The topological polar surface area (TPSA) is 93.8 Å². The summed E-state index contributed by atoms with van der Waals surface area (Å²) in [5.74, 6) is 2.66. The average Bonchev–Trinajstić information content (AvgIpc) is 3.23. The van der Waals surface area contributed by atoms with E-state index in [9.17, 15) is 9.59 Å². The molecule has 27 heavy (non-hydrogen) atoms. The number of carbonyl (C=O) groups is 2. The standard InChI is InChI=1S/C18H28N6O2S/c1-13(2)23-15(5-9-19-23)21-17(25)7-11-27-12-8-18(26)22-16-6-10-20-24(16)14(3)4/h5-6,9-10,13-14H,7-8,11-12H2,1-4H3,(H,21,25)(H,22,26). The van der Waals surface area contributed by atoms with Gasteiger partial charge in [-0.1, -0.05) is 0 Å². The molecular formula is C18H28N6O2S. The SMILES string of the molecule is CC(C)n1nccc1NC(=O)CCSCCC(=O)Nc1ccnn1C(C)C. The molecule has 2 N–H and O–H groups in total. The minimum absolute atomic E-state index is 0.0461. The zero-order chi connectivity index (χ0) is 19.8. The normalized spacial score (nSPS) is 11.2. The van der Waals surface area contributed by atoms with Gasteiger partial charge in [-0.3, -0.25) is 9.59 Å². The highest BCUT2D eigenvalue weighted by atomic mass is 32.2. The summed E-state index contributed by atoms with van der Waals surface area (Å²) in [6.07, 6.45) is 4.15. The van der Waals surface area contributed by atoms with Crippen LogP contribution in [-0.4, -0.2) is 42.9 Å². The molecule has 2 heterocycles. The van der Waals surface area contributed by atoms with Crippen LogP contribution in [0.5, 0.6) is 0 Å². The first kappa shape index (κ1) is 21.0. The Labute approximate surface area is 164 Å². The van der Waals surface area contributed by atoms with Crippen molar-refractivity contribution < 1.29 is 9.59 Å². The van der Waals surface area contributed by atoms with Crippen molar-refractivity contribution in [3.05, 3.63) is 24.5 Å². The van der Waals surface area contributed by atoms with Crippen molar-refractivity contribution in [1.29, 1.82) is 0 Å². The molecular weight excluding hydrogens is 364 g/mol. The molecule has 0 bridgehead atoms. The Hall–Kier alpha value is -2.29. The van der Waals surface area contributed by atoms with E-state index in [1.807, 2.05) is 27.7 Å². The molecule has 0 aliphatic carbocycles. The predicted octanol–water partition coefficient (Wildman–Crippen LogP) is 3.33. The number of hydrogen-bond donors (Lipinski definition) is 2. The maximum absolute atomic E-state index is 12.0. The molecule has 2 aromatic heterocycles. The summed E-state index contributed by atoms with van der Waals surface area (Å²) in [6.45, 7) is 8.05. The third-order valence-corrected chi connectivity index (χ3v) is 4.79. The molecule has 0 aliphatic rings. The van der Waals surface area contributed by atoms with E-state index < -0.39 is 0 Å². The van der Waals surface area contributed by atoms with Crippen molar-refractivity contribution in [2.24, 2.45) is 0 Å². The van der Waals surface area contributed by atoms with E-state index in [1.54, 1.807) is 45.7 Å². The lowest BCUT2D eigenvalue weighted by Crippen LogP contribution is -2.18. The second-order valence-corrected chi connectivity index (χ2v) is 7.94. The number of thioether (sulfide) groups is 1. The van der Waals surface area contributed by atoms with Crippen molar-refractivity contribution >= 4 is 35.2 Å². The van der Waals surface area contributed by atoms with E-state index in [0.29, 0.717) is 36.0 Å². The molecule has 2 aromatic rings. The van der Waals surface area contributed by atoms with Gasteiger partial charge in [0.2, 0.25) is 11.8 Å². The molecule has 0 saturated heterocycles. The van der Waals surface area contributed by atoms with Crippen LogP contribution in [0.4, 0.5) is 11.6 Å². The van der Waals surface area contributed by atoms with Gasteiger partial charge in [0.05, 0.1) is 12.4 Å². The first-order valence-electron chi connectivity index (χ1n) is 9.13. The summed E-state index contributed by atoms with van der Waals surface area (Å²) in [7, 11) is 0. The van der Waals surface area contributed by atoms with Crippen molar-refractivity contribution in [2.75, 3.05) is 22.1 Å². The van der Waals surface area contributed by atoms with E-state index in [2.05, 4.69) is 20.8 Å². The second kappa shape index (κ2) is 10.1. The molecule has 0 saturated carbocycles. The Balaban J connectivity index is 1.64. The molecule has 0 radical (unpaired) electrons. The van der Waals surface area contributed by atoms with Crippen LogP contribution < -0.4 is 10.6 Å². The average molecular weight is 393 g/mol. The molecule has 8 nitrogen and oxygen atoms in total. The smallest absolute Gasteiger partial charge is 0.226 e. The molecule has 2 amide bonds. The molecule has 148 valence electrons. The minimum Gasteiger partial charge on any atom is -0.311 e. The van der Waals surface area contributed by atoms with Gasteiger partial charge in [0.25, 0.3) is 0 Å². The molecule has 0 aliphatic heterocycles. The monoisotopic (exact) mass is 392 g/mol. The fraction of sp³-hybridized carbons (Fsp3) is 0.556. The molecule has 0 unspecified atom stereocenters. The lowest BCUT2D eigenvalue weighted by molar-refractivity contribution is -0.116. The first-order chi connectivity index (χ1) is 12.9. The summed E-state index contributed by atoms with van der Waals surface area (Å²) >= 11 is 1.59. The third-order valence-electron chi connectivity index (χ3n) is 3.80. The first-order valence-corrected chi connectivity index (χ1v) is 10.3. The van der Waals surface area contributed by atoms with Crippen LogP contribution in [-0.2, 0) is 9.59 Å². The van der Waals surface area contributed by atoms with Gasteiger partial charge < -0.3 is 10.6 Å². The van der Waals surface area contributed by atoms with Crippen molar-refractivity contribution in [1.82, 2.24) is 19.6 Å². The van der Waals surface area contributed by atoms with Crippen molar-refractivity contribution in [3.63, 3.8) is 0 Å². The summed E-state index contributed by atoms with van der Waals surface area (Å²) < 4.78 is 3.55. The van der Waals surface area contributed by atoms with Crippen LogP contribution in [0.2, 0.25) is 0 Å². The maximum Gasteiger partial charge on any atom is 0.226 e. The molecule has 0 fully saturated rings. The highest BCUT2D eigenvalue weighted by Gasteiger charge is 2.11. The fourth-order valence-corrected chi connectivity index (χ4v) is 3.36. The van der Waals surface area contributed by atoms with E-state index in [4.69, 9.17) is 0 Å². The van der Waals surface area contributed by atoms with E-state index in [-0.39, 0.29) is 23.9 Å². The van der Waals surface area contributed by atoms with Gasteiger partial charge in [-0.05, 0) is 27.7 Å². The summed E-state index contributed by atoms with van der Waals surface area (Å²) in [5, 5.41) is 14.1. The number of carbonyl (C=O) groups excluding carboxylic acids is 2.